The fourth-order valence-electron chi connectivity index (χ4n) is 1.18. The Morgan fingerprint density at radius 2 is 1.82 bits per heavy atom. The third kappa shape index (κ3) is 5.33. The number of hydrogen-bond acceptors (Lipinski definition) is 4. The summed E-state index contributed by atoms with van der Waals surface area (Å²) in [6, 6.07) is 6.20. The van der Waals surface area contributed by atoms with Crippen LogP contribution in [0.4, 0.5) is 0 Å². The second-order valence-corrected chi connectivity index (χ2v) is 3.37. The minimum Gasteiger partial charge on any atom is -0.491 e. The number of carboxylic acids is 1. The van der Waals surface area contributed by atoms with Crippen molar-refractivity contribution in [1.82, 2.24) is 0 Å². The van der Waals surface area contributed by atoms with E-state index in [1.54, 1.807) is 12.1 Å². The molecule has 5 nitrogen and oxygen atoms in total. The first kappa shape index (κ1) is 13.5. The van der Waals surface area contributed by atoms with Crippen LogP contribution in [0.25, 0.3) is 0 Å². The minimum absolute atomic E-state index is 0.123. The standard InChI is InChI=1S/C12H16O5/c13-6-1-7-16-8-9-17-11-4-2-10(3-5-11)12(14)15/h2-5,13H,1,6-9H2,(H,14,15). The Morgan fingerprint density at radius 3 is 2.41 bits per heavy atom. The van der Waals surface area contributed by atoms with Crippen LogP contribution in [0.2, 0.25) is 0 Å². The van der Waals surface area contributed by atoms with E-state index in [0.29, 0.717) is 32.0 Å². The van der Waals surface area contributed by atoms with Crippen LogP contribution in [-0.2, 0) is 4.74 Å². The van der Waals surface area contributed by atoms with Gasteiger partial charge < -0.3 is 19.7 Å². The van der Waals surface area contributed by atoms with E-state index in [-0.39, 0.29) is 12.2 Å². The van der Waals surface area contributed by atoms with Crippen LogP contribution in [0.3, 0.4) is 0 Å². The molecule has 5 heteroatoms. The van der Waals surface area contributed by atoms with Crippen molar-refractivity contribution in [3.8, 4) is 5.75 Å². The van der Waals surface area contributed by atoms with Crippen molar-refractivity contribution in [3.05, 3.63) is 29.8 Å². The van der Waals surface area contributed by atoms with Crippen molar-refractivity contribution in [2.24, 2.45) is 0 Å². The van der Waals surface area contributed by atoms with Gasteiger partial charge in [-0.05, 0) is 30.7 Å². The zero-order valence-electron chi connectivity index (χ0n) is 9.46. The fourth-order valence-corrected chi connectivity index (χ4v) is 1.18. The monoisotopic (exact) mass is 240 g/mol. The molecule has 1 aromatic carbocycles. The van der Waals surface area contributed by atoms with E-state index in [0.717, 1.165) is 0 Å². The largest absolute Gasteiger partial charge is 0.491 e. The van der Waals surface area contributed by atoms with E-state index >= 15 is 0 Å². The summed E-state index contributed by atoms with van der Waals surface area (Å²) in [5.41, 5.74) is 0.233. The Kier molecular flexibility index (Phi) is 6.06. The summed E-state index contributed by atoms with van der Waals surface area (Å²) in [4.78, 5) is 10.6. The number of rotatable bonds is 8. The van der Waals surface area contributed by atoms with Crippen LogP contribution in [0.1, 0.15) is 16.8 Å². The van der Waals surface area contributed by atoms with Gasteiger partial charge in [-0.15, -0.1) is 0 Å². The topological polar surface area (TPSA) is 76.0 Å². The van der Waals surface area contributed by atoms with E-state index in [1.165, 1.54) is 12.1 Å². The van der Waals surface area contributed by atoms with Gasteiger partial charge in [-0.2, -0.15) is 0 Å². The molecule has 2 N–H and O–H groups in total. The molecular weight excluding hydrogens is 224 g/mol. The van der Waals surface area contributed by atoms with Gasteiger partial charge in [-0.3, -0.25) is 0 Å². The highest BCUT2D eigenvalue weighted by Crippen LogP contribution is 2.11. The molecule has 0 atom stereocenters. The number of hydrogen-bond donors (Lipinski definition) is 2. The Labute approximate surface area is 99.6 Å². The van der Waals surface area contributed by atoms with Crippen molar-refractivity contribution >= 4 is 5.97 Å². The number of aliphatic hydroxyl groups is 1. The summed E-state index contributed by atoms with van der Waals surface area (Å²) >= 11 is 0. The zero-order valence-corrected chi connectivity index (χ0v) is 9.46. The molecule has 17 heavy (non-hydrogen) atoms. The lowest BCUT2D eigenvalue weighted by Gasteiger charge is -2.06. The molecule has 0 radical (unpaired) electrons. The predicted octanol–water partition coefficient (Wildman–Crippen LogP) is 1.16. The molecule has 0 spiro atoms. The summed E-state index contributed by atoms with van der Waals surface area (Å²) in [5.74, 6) is -0.343. The molecule has 1 aromatic rings. The lowest BCUT2D eigenvalue weighted by Crippen LogP contribution is -2.08. The normalized spacial score (nSPS) is 10.2. The molecule has 0 fully saturated rings. The third-order valence-corrected chi connectivity index (χ3v) is 2.04. The van der Waals surface area contributed by atoms with Crippen molar-refractivity contribution in [1.29, 1.82) is 0 Å². The lowest BCUT2D eigenvalue weighted by atomic mass is 10.2. The lowest BCUT2D eigenvalue weighted by molar-refractivity contribution is 0.0696. The van der Waals surface area contributed by atoms with Crippen molar-refractivity contribution in [2.75, 3.05) is 26.4 Å². The maximum atomic E-state index is 10.6. The molecule has 0 saturated heterocycles. The molecule has 0 aliphatic rings. The SMILES string of the molecule is O=C(O)c1ccc(OCCOCCCO)cc1. The molecule has 0 unspecified atom stereocenters. The van der Waals surface area contributed by atoms with E-state index in [2.05, 4.69) is 0 Å². The number of carbonyl (C=O) groups is 1. The zero-order chi connectivity index (χ0) is 12.5. The predicted molar refractivity (Wildman–Crippen MR) is 61.4 cm³/mol. The maximum absolute atomic E-state index is 10.6. The summed E-state index contributed by atoms with van der Waals surface area (Å²) in [5, 5.41) is 17.2. The summed E-state index contributed by atoms with van der Waals surface area (Å²) < 4.78 is 10.5. The number of carboxylic acid groups (broad SMARTS) is 1. The number of aliphatic hydroxyl groups excluding tert-OH is 1. The highest BCUT2D eigenvalue weighted by Gasteiger charge is 2.01. The summed E-state index contributed by atoms with van der Waals surface area (Å²) in [7, 11) is 0. The molecule has 0 amide bonds. The van der Waals surface area contributed by atoms with Gasteiger partial charge >= 0.3 is 5.97 Å². The summed E-state index contributed by atoms with van der Waals surface area (Å²) in [6.45, 7) is 1.48. The third-order valence-electron chi connectivity index (χ3n) is 2.04. The van der Waals surface area contributed by atoms with E-state index in [4.69, 9.17) is 19.7 Å². The van der Waals surface area contributed by atoms with Crippen LogP contribution < -0.4 is 4.74 Å². The van der Waals surface area contributed by atoms with Gasteiger partial charge in [0.2, 0.25) is 0 Å². The average molecular weight is 240 g/mol. The smallest absolute Gasteiger partial charge is 0.335 e. The van der Waals surface area contributed by atoms with Crippen LogP contribution in [0.15, 0.2) is 24.3 Å². The maximum Gasteiger partial charge on any atom is 0.335 e. The van der Waals surface area contributed by atoms with E-state index in [9.17, 15) is 4.79 Å². The highest BCUT2D eigenvalue weighted by molar-refractivity contribution is 5.87. The van der Waals surface area contributed by atoms with Gasteiger partial charge in [0.15, 0.2) is 0 Å². The van der Waals surface area contributed by atoms with Crippen molar-refractivity contribution in [2.45, 2.75) is 6.42 Å². The second-order valence-electron chi connectivity index (χ2n) is 3.37. The second kappa shape index (κ2) is 7.65. The van der Waals surface area contributed by atoms with Gasteiger partial charge in [-0.1, -0.05) is 0 Å². The molecule has 0 aromatic heterocycles. The van der Waals surface area contributed by atoms with Crippen molar-refractivity contribution in [3.63, 3.8) is 0 Å². The first-order valence-corrected chi connectivity index (χ1v) is 5.39. The van der Waals surface area contributed by atoms with Gasteiger partial charge in [0.25, 0.3) is 0 Å². The number of benzene rings is 1. The molecule has 1 rings (SSSR count). The Balaban J connectivity index is 2.21. The number of ether oxygens (including phenoxy) is 2. The molecule has 0 aliphatic heterocycles. The Hall–Kier alpha value is -1.59. The Bertz CT molecular complexity index is 333. The van der Waals surface area contributed by atoms with Gasteiger partial charge in [0.1, 0.15) is 12.4 Å². The molecule has 0 aliphatic carbocycles. The minimum atomic E-state index is -0.955. The average Bonchev–Trinajstić information content (AvgIpc) is 2.34. The van der Waals surface area contributed by atoms with Crippen LogP contribution in [0.5, 0.6) is 5.75 Å². The molecule has 0 heterocycles. The first-order valence-electron chi connectivity index (χ1n) is 5.39. The summed E-state index contributed by atoms with van der Waals surface area (Å²) in [6.07, 6.45) is 0.618. The van der Waals surface area contributed by atoms with Gasteiger partial charge in [-0.25, -0.2) is 4.79 Å². The Morgan fingerprint density at radius 1 is 1.12 bits per heavy atom. The van der Waals surface area contributed by atoms with Crippen LogP contribution in [-0.4, -0.2) is 42.6 Å². The number of aromatic carboxylic acids is 1. The molecule has 0 bridgehead atoms. The highest BCUT2D eigenvalue weighted by atomic mass is 16.5. The van der Waals surface area contributed by atoms with E-state index < -0.39 is 5.97 Å². The van der Waals surface area contributed by atoms with Gasteiger partial charge in [0.05, 0.1) is 12.2 Å². The molecule has 0 saturated carbocycles. The molecular formula is C12H16O5. The van der Waals surface area contributed by atoms with Crippen LogP contribution >= 0.6 is 0 Å². The molecule has 94 valence electrons. The first-order chi connectivity index (χ1) is 8.24. The fraction of sp³-hybridized carbons (Fsp3) is 0.417. The van der Waals surface area contributed by atoms with Crippen LogP contribution in [0, 0.1) is 0 Å². The quantitative estimate of drug-likeness (QED) is 0.667. The van der Waals surface area contributed by atoms with Gasteiger partial charge in [0, 0.05) is 13.2 Å². The van der Waals surface area contributed by atoms with Crippen molar-refractivity contribution < 1.29 is 24.5 Å². The van der Waals surface area contributed by atoms with E-state index in [1.807, 2.05) is 0 Å².